The molecule has 1 fully saturated rings. The van der Waals surface area contributed by atoms with E-state index < -0.39 is 5.60 Å². The van der Waals surface area contributed by atoms with Crippen molar-refractivity contribution < 1.29 is 5.11 Å². The number of aliphatic imine (C=N–C) groups is 1. The summed E-state index contributed by atoms with van der Waals surface area (Å²) in [5, 5.41) is 14.0. The first-order chi connectivity index (χ1) is 10.9. The van der Waals surface area contributed by atoms with Gasteiger partial charge in [-0.25, -0.2) is 0 Å². The number of aromatic nitrogens is 1. The van der Waals surface area contributed by atoms with E-state index in [4.69, 9.17) is 4.99 Å². The highest BCUT2D eigenvalue weighted by Gasteiger charge is 2.29. The molecule has 0 bridgehead atoms. The van der Waals surface area contributed by atoms with Crippen LogP contribution in [0.4, 0.5) is 0 Å². The highest BCUT2D eigenvalue weighted by molar-refractivity contribution is 9.10. The van der Waals surface area contributed by atoms with Crippen LogP contribution in [0, 0.1) is 0 Å². The zero-order valence-corrected chi connectivity index (χ0v) is 16.1. The smallest absolute Gasteiger partial charge is 0.194 e. The molecule has 1 aliphatic rings. The van der Waals surface area contributed by atoms with Crippen LogP contribution in [0.25, 0.3) is 0 Å². The van der Waals surface area contributed by atoms with Gasteiger partial charge < -0.3 is 19.9 Å². The molecule has 0 radical (unpaired) electrons. The minimum Gasteiger partial charge on any atom is -0.388 e. The van der Waals surface area contributed by atoms with Gasteiger partial charge in [-0.05, 0) is 41.8 Å². The van der Waals surface area contributed by atoms with E-state index in [0.717, 1.165) is 49.2 Å². The average Bonchev–Trinajstić information content (AvgIpc) is 2.82. The third kappa shape index (κ3) is 5.24. The van der Waals surface area contributed by atoms with Gasteiger partial charge in [0.1, 0.15) is 0 Å². The zero-order chi connectivity index (χ0) is 16.9. The normalized spacial score (nSPS) is 18.0. The summed E-state index contributed by atoms with van der Waals surface area (Å²) in [7, 11) is 4.08. The molecule has 1 heterocycles. The van der Waals surface area contributed by atoms with Gasteiger partial charge in [-0.15, -0.1) is 0 Å². The topological polar surface area (TPSA) is 52.8 Å². The summed E-state index contributed by atoms with van der Waals surface area (Å²) < 4.78 is 3.19. The van der Waals surface area contributed by atoms with Gasteiger partial charge in [-0.1, -0.05) is 19.3 Å². The molecule has 23 heavy (non-hydrogen) atoms. The molecular formula is C17H29BrN4O. The molecule has 130 valence electrons. The first-order valence-electron chi connectivity index (χ1n) is 8.46. The molecule has 0 atom stereocenters. The Labute approximate surface area is 147 Å². The molecule has 0 unspecified atom stereocenters. The Bertz CT molecular complexity index is 535. The fourth-order valence-electron chi connectivity index (χ4n) is 3.10. The number of aliphatic hydroxyl groups is 1. The molecule has 0 spiro atoms. The molecule has 2 N–H and O–H groups in total. The first-order valence-corrected chi connectivity index (χ1v) is 9.25. The summed E-state index contributed by atoms with van der Waals surface area (Å²) in [6.07, 6.45) is 7.23. The van der Waals surface area contributed by atoms with E-state index >= 15 is 0 Å². The number of aryl methyl sites for hydroxylation is 1. The monoisotopic (exact) mass is 384 g/mol. The molecule has 2 rings (SSSR count). The van der Waals surface area contributed by atoms with E-state index in [9.17, 15) is 5.11 Å². The number of hydrogen-bond acceptors (Lipinski definition) is 2. The molecular weight excluding hydrogens is 356 g/mol. The van der Waals surface area contributed by atoms with E-state index in [0.29, 0.717) is 6.54 Å². The highest BCUT2D eigenvalue weighted by atomic mass is 79.9. The van der Waals surface area contributed by atoms with Gasteiger partial charge in [-0.3, -0.25) is 4.99 Å². The molecule has 6 heteroatoms. The fourth-order valence-corrected chi connectivity index (χ4v) is 3.67. The Morgan fingerprint density at radius 1 is 1.43 bits per heavy atom. The second-order valence-electron chi connectivity index (χ2n) is 6.57. The van der Waals surface area contributed by atoms with Crippen molar-refractivity contribution >= 4 is 21.9 Å². The maximum Gasteiger partial charge on any atom is 0.194 e. The van der Waals surface area contributed by atoms with Crippen molar-refractivity contribution in [2.24, 2.45) is 12.0 Å². The standard InChI is InChI=1S/C17H29BrN4O/c1-4-19-16(20-13-17(23)8-6-5-7-9-17)22(3)12-15-10-14(18)11-21(15)2/h10-11,23H,4-9,12-13H2,1-3H3,(H,19,20). The van der Waals surface area contributed by atoms with E-state index in [2.05, 4.69) is 49.9 Å². The molecule has 0 aromatic carbocycles. The minimum absolute atomic E-state index is 0.483. The number of nitrogens with zero attached hydrogens (tertiary/aromatic N) is 3. The van der Waals surface area contributed by atoms with Crippen LogP contribution in [0.15, 0.2) is 21.7 Å². The number of guanidine groups is 1. The first kappa shape index (κ1) is 18.3. The summed E-state index contributed by atoms with van der Waals surface area (Å²) >= 11 is 3.51. The largest absolute Gasteiger partial charge is 0.388 e. The second kappa shape index (κ2) is 8.20. The van der Waals surface area contributed by atoms with E-state index in [1.807, 2.05) is 14.1 Å². The van der Waals surface area contributed by atoms with Gasteiger partial charge in [0.05, 0.1) is 18.7 Å². The van der Waals surface area contributed by atoms with Gasteiger partial charge in [0.2, 0.25) is 0 Å². The molecule has 1 aromatic heterocycles. The molecule has 5 nitrogen and oxygen atoms in total. The van der Waals surface area contributed by atoms with Gasteiger partial charge in [-0.2, -0.15) is 0 Å². The Morgan fingerprint density at radius 3 is 2.70 bits per heavy atom. The summed E-state index contributed by atoms with van der Waals surface area (Å²) in [5.74, 6) is 0.851. The van der Waals surface area contributed by atoms with Crippen molar-refractivity contribution in [3.05, 3.63) is 22.4 Å². The van der Waals surface area contributed by atoms with Crippen LogP contribution in [0.2, 0.25) is 0 Å². The van der Waals surface area contributed by atoms with Crippen LogP contribution in [0.1, 0.15) is 44.7 Å². The summed E-state index contributed by atoms with van der Waals surface area (Å²) in [4.78, 5) is 6.81. The predicted octanol–water partition coefficient (Wildman–Crippen LogP) is 2.88. The number of hydrogen-bond donors (Lipinski definition) is 2. The number of halogens is 1. The van der Waals surface area contributed by atoms with Crippen LogP contribution in [-0.2, 0) is 13.6 Å². The van der Waals surface area contributed by atoms with Crippen molar-refractivity contribution in [1.82, 2.24) is 14.8 Å². The lowest BCUT2D eigenvalue weighted by Crippen LogP contribution is -2.41. The van der Waals surface area contributed by atoms with Crippen LogP contribution < -0.4 is 5.32 Å². The Balaban J connectivity index is 2.03. The predicted molar refractivity (Wildman–Crippen MR) is 98.6 cm³/mol. The van der Waals surface area contributed by atoms with Crippen molar-refractivity contribution in [1.29, 1.82) is 0 Å². The zero-order valence-electron chi connectivity index (χ0n) is 14.5. The van der Waals surface area contributed by atoms with Gasteiger partial charge in [0, 0.05) is 37.0 Å². The SMILES string of the molecule is CCNC(=NCC1(O)CCCCC1)N(C)Cc1cc(Br)cn1C. The van der Waals surface area contributed by atoms with Gasteiger partial charge >= 0.3 is 0 Å². The van der Waals surface area contributed by atoms with E-state index in [1.54, 1.807) is 0 Å². The van der Waals surface area contributed by atoms with Crippen molar-refractivity contribution in [2.75, 3.05) is 20.1 Å². The maximum atomic E-state index is 10.6. The van der Waals surface area contributed by atoms with Crippen molar-refractivity contribution in [3.8, 4) is 0 Å². The maximum absolute atomic E-state index is 10.6. The van der Waals surface area contributed by atoms with Gasteiger partial charge in [0.25, 0.3) is 0 Å². The van der Waals surface area contributed by atoms with Crippen LogP contribution >= 0.6 is 15.9 Å². The third-order valence-electron chi connectivity index (χ3n) is 4.48. The quantitative estimate of drug-likeness (QED) is 0.606. The van der Waals surface area contributed by atoms with E-state index in [1.165, 1.54) is 12.1 Å². The molecule has 1 saturated carbocycles. The molecule has 1 aliphatic carbocycles. The van der Waals surface area contributed by atoms with Crippen LogP contribution in [-0.4, -0.2) is 46.3 Å². The highest BCUT2D eigenvalue weighted by Crippen LogP contribution is 2.28. The lowest BCUT2D eigenvalue weighted by atomic mass is 9.85. The lowest BCUT2D eigenvalue weighted by Gasteiger charge is -2.31. The molecule has 0 saturated heterocycles. The third-order valence-corrected chi connectivity index (χ3v) is 4.91. The summed E-state index contributed by atoms with van der Waals surface area (Å²) in [6, 6.07) is 2.12. The number of nitrogens with one attached hydrogen (secondary N) is 1. The van der Waals surface area contributed by atoms with Crippen LogP contribution in [0.3, 0.4) is 0 Å². The van der Waals surface area contributed by atoms with Crippen LogP contribution in [0.5, 0.6) is 0 Å². The second-order valence-corrected chi connectivity index (χ2v) is 7.49. The Morgan fingerprint density at radius 2 is 2.13 bits per heavy atom. The molecule has 1 aromatic rings. The Kier molecular flexibility index (Phi) is 6.53. The number of rotatable bonds is 5. The van der Waals surface area contributed by atoms with Crippen molar-refractivity contribution in [3.63, 3.8) is 0 Å². The van der Waals surface area contributed by atoms with Gasteiger partial charge in [0.15, 0.2) is 5.96 Å². The fraction of sp³-hybridized carbons (Fsp3) is 0.706. The lowest BCUT2D eigenvalue weighted by molar-refractivity contribution is 0.0130. The molecule has 0 amide bonds. The summed E-state index contributed by atoms with van der Waals surface area (Å²) in [5.41, 5.74) is 0.592. The van der Waals surface area contributed by atoms with Crippen molar-refractivity contribution in [2.45, 2.75) is 51.2 Å². The Hall–Kier alpha value is -1.01. The minimum atomic E-state index is -0.617. The average molecular weight is 385 g/mol. The van der Waals surface area contributed by atoms with E-state index in [-0.39, 0.29) is 0 Å². The molecule has 0 aliphatic heterocycles. The summed E-state index contributed by atoms with van der Waals surface area (Å²) in [6.45, 7) is 4.14.